The molecule has 0 nitrogen and oxygen atoms in total. The van der Waals surface area contributed by atoms with E-state index in [-0.39, 0.29) is 0 Å². The van der Waals surface area contributed by atoms with Gasteiger partial charge < -0.3 is 0 Å². The van der Waals surface area contributed by atoms with Gasteiger partial charge in [0.15, 0.2) is 0 Å². The van der Waals surface area contributed by atoms with Crippen LogP contribution in [-0.2, 0) is 0 Å². The molecule has 3 saturated carbocycles. The molecule has 0 aliphatic heterocycles. The Balaban J connectivity index is 1.73. The third kappa shape index (κ3) is 4.69. The SMILES string of the molecule is C=C1CCCC/C1=C/C=C1\CCCC2(C)C1CCC2C(C)/C=C/CC(C)C. The smallest absolute Gasteiger partial charge is 0.0143 e. The van der Waals surface area contributed by atoms with Crippen molar-refractivity contribution in [1.29, 1.82) is 0 Å². The highest BCUT2D eigenvalue weighted by atomic mass is 14.5. The van der Waals surface area contributed by atoms with E-state index in [1.54, 1.807) is 5.57 Å². The monoisotopic (exact) mass is 366 g/mol. The summed E-state index contributed by atoms with van der Waals surface area (Å²) in [6.45, 7) is 14.0. The summed E-state index contributed by atoms with van der Waals surface area (Å²) in [4.78, 5) is 0. The van der Waals surface area contributed by atoms with Gasteiger partial charge in [0, 0.05) is 0 Å². The van der Waals surface area contributed by atoms with Crippen LogP contribution < -0.4 is 0 Å². The zero-order valence-electron chi connectivity index (χ0n) is 18.4. The standard InChI is InChI=1S/C27H42/c1-20(2)10-8-12-22(4)25-17-18-26-24(14-9-19-27(25,26)5)16-15-23-13-7-6-11-21(23)3/h8,12,15-16,20,22,25-26H,3,6-7,9-11,13-14,17-19H2,1-2,4-5H3/b12-8+,23-15-,24-16+. The Kier molecular flexibility index (Phi) is 6.88. The molecule has 3 aliphatic rings. The number of hydrogen-bond donors (Lipinski definition) is 0. The van der Waals surface area contributed by atoms with Crippen molar-refractivity contribution in [2.24, 2.45) is 29.1 Å². The molecule has 0 amide bonds. The van der Waals surface area contributed by atoms with E-state index in [0.29, 0.717) is 5.41 Å². The number of hydrogen-bond acceptors (Lipinski definition) is 0. The van der Waals surface area contributed by atoms with Crippen molar-refractivity contribution >= 4 is 0 Å². The van der Waals surface area contributed by atoms with Crippen LogP contribution in [0.15, 0.2) is 47.6 Å². The topological polar surface area (TPSA) is 0 Å². The zero-order chi connectivity index (χ0) is 19.4. The highest BCUT2D eigenvalue weighted by Gasteiger charge is 2.50. The minimum absolute atomic E-state index is 0.508. The molecule has 0 aromatic rings. The minimum atomic E-state index is 0.508. The zero-order valence-corrected chi connectivity index (χ0v) is 18.4. The van der Waals surface area contributed by atoms with Gasteiger partial charge in [-0.2, -0.15) is 0 Å². The van der Waals surface area contributed by atoms with Gasteiger partial charge in [-0.1, -0.05) is 69.7 Å². The number of rotatable bonds is 5. The molecule has 3 rings (SSSR count). The van der Waals surface area contributed by atoms with E-state index in [0.717, 1.165) is 23.7 Å². The molecule has 27 heavy (non-hydrogen) atoms. The van der Waals surface area contributed by atoms with E-state index < -0.39 is 0 Å². The van der Waals surface area contributed by atoms with Crippen molar-refractivity contribution in [3.8, 4) is 0 Å². The Bertz CT molecular complexity index is 614. The van der Waals surface area contributed by atoms with Crippen LogP contribution in [0, 0.1) is 29.1 Å². The number of allylic oxidation sites excluding steroid dienone is 7. The molecule has 0 radical (unpaired) electrons. The summed E-state index contributed by atoms with van der Waals surface area (Å²) in [5.41, 5.74) is 5.18. The van der Waals surface area contributed by atoms with Gasteiger partial charge in [-0.05, 0) is 98.9 Å². The Labute approximate surface area is 168 Å². The fraction of sp³-hybridized carbons (Fsp3) is 0.704. The maximum absolute atomic E-state index is 4.31. The van der Waals surface area contributed by atoms with Crippen molar-refractivity contribution in [3.05, 3.63) is 47.6 Å². The van der Waals surface area contributed by atoms with E-state index in [1.807, 2.05) is 0 Å². The van der Waals surface area contributed by atoms with Crippen molar-refractivity contribution in [2.45, 2.75) is 91.9 Å². The van der Waals surface area contributed by atoms with Gasteiger partial charge >= 0.3 is 0 Å². The molecule has 0 heterocycles. The summed E-state index contributed by atoms with van der Waals surface area (Å²) in [5.74, 6) is 3.15. The summed E-state index contributed by atoms with van der Waals surface area (Å²) in [5, 5.41) is 0. The van der Waals surface area contributed by atoms with Crippen LogP contribution in [0.3, 0.4) is 0 Å². The lowest BCUT2D eigenvalue weighted by Crippen LogP contribution is -2.35. The predicted octanol–water partition coefficient (Wildman–Crippen LogP) is 8.42. The average molecular weight is 367 g/mol. The van der Waals surface area contributed by atoms with Crippen LogP contribution in [0.5, 0.6) is 0 Å². The van der Waals surface area contributed by atoms with Crippen molar-refractivity contribution in [1.82, 2.24) is 0 Å². The summed E-state index contributed by atoms with van der Waals surface area (Å²) >= 11 is 0. The molecular formula is C27H42. The third-order valence-corrected chi connectivity index (χ3v) is 7.85. The fourth-order valence-corrected chi connectivity index (χ4v) is 6.24. The Morgan fingerprint density at radius 3 is 2.56 bits per heavy atom. The molecule has 3 fully saturated rings. The summed E-state index contributed by atoms with van der Waals surface area (Å²) in [6, 6.07) is 0. The van der Waals surface area contributed by atoms with Gasteiger partial charge in [-0.3, -0.25) is 0 Å². The van der Waals surface area contributed by atoms with Crippen molar-refractivity contribution in [2.75, 3.05) is 0 Å². The molecule has 3 aliphatic carbocycles. The Morgan fingerprint density at radius 1 is 1.04 bits per heavy atom. The Hall–Kier alpha value is -1.04. The maximum Gasteiger partial charge on any atom is -0.0143 e. The summed E-state index contributed by atoms with van der Waals surface area (Å²) in [6.07, 6.45) is 23.2. The highest BCUT2D eigenvalue weighted by Crippen LogP contribution is 2.59. The summed E-state index contributed by atoms with van der Waals surface area (Å²) in [7, 11) is 0. The largest absolute Gasteiger partial charge is 0.0956 e. The second-order valence-corrected chi connectivity index (χ2v) is 10.3. The maximum atomic E-state index is 4.31. The summed E-state index contributed by atoms with van der Waals surface area (Å²) < 4.78 is 0. The first-order valence-corrected chi connectivity index (χ1v) is 11.7. The minimum Gasteiger partial charge on any atom is -0.0956 e. The molecular weight excluding hydrogens is 324 g/mol. The molecule has 4 unspecified atom stereocenters. The first-order chi connectivity index (χ1) is 12.9. The molecule has 0 N–H and O–H groups in total. The first-order valence-electron chi connectivity index (χ1n) is 11.7. The predicted molar refractivity (Wildman–Crippen MR) is 120 cm³/mol. The third-order valence-electron chi connectivity index (χ3n) is 7.85. The second kappa shape index (κ2) is 8.97. The molecule has 4 atom stereocenters. The van der Waals surface area contributed by atoms with Crippen LogP contribution in [0.25, 0.3) is 0 Å². The van der Waals surface area contributed by atoms with Gasteiger partial charge in [0.05, 0.1) is 0 Å². The van der Waals surface area contributed by atoms with E-state index >= 15 is 0 Å². The quantitative estimate of drug-likeness (QED) is 0.428. The molecule has 0 heteroatoms. The van der Waals surface area contributed by atoms with Gasteiger partial charge in [-0.25, -0.2) is 0 Å². The molecule has 0 spiro atoms. The van der Waals surface area contributed by atoms with E-state index in [2.05, 4.69) is 58.6 Å². The molecule has 0 saturated heterocycles. The number of fused-ring (bicyclic) bond motifs is 1. The molecule has 0 bridgehead atoms. The average Bonchev–Trinajstić information content (AvgIpc) is 2.98. The molecule has 0 aromatic heterocycles. The van der Waals surface area contributed by atoms with E-state index in [9.17, 15) is 0 Å². The van der Waals surface area contributed by atoms with Crippen LogP contribution in [-0.4, -0.2) is 0 Å². The Morgan fingerprint density at radius 2 is 1.81 bits per heavy atom. The van der Waals surface area contributed by atoms with Crippen molar-refractivity contribution in [3.63, 3.8) is 0 Å². The van der Waals surface area contributed by atoms with Gasteiger partial charge in [-0.15, -0.1) is 0 Å². The molecule has 150 valence electrons. The highest BCUT2D eigenvalue weighted by molar-refractivity contribution is 5.35. The van der Waals surface area contributed by atoms with E-state index in [1.165, 1.54) is 75.4 Å². The van der Waals surface area contributed by atoms with Crippen LogP contribution in [0.2, 0.25) is 0 Å². The fourth-order valence-electron chi connectivity index (χ4n) is 6.24. The van der Waals surface area contributed by atoms with Gasteiger partial charge in [0.2, 0.25) is 0 Å². The lowest BCUT2D eigenvalue weighted by Gasteiger charge is -2.44. The lowest BCUT2D eigenvalue weighted by molar-refractivity contribution is 0.112. The second-order valence-electron chi connectivity index (χ2n) is 10.3. The van der Waals surface area contributed by atoms with Crippen LogP contribution in [0.1, 0.15) is 91.9 Å². The van der Waals surface area contributed by atoms with Crippen LogP contribution >= 0.6 is 0 Å². The van der Waals surface area contributed by atoms with Crippen molar-refractivity contribution < 1.29 is 0 Å². The molecule has 0 aromatic carbocycles. The van der Waals surface area contributed by atoms with Gasteiger partial charge in [0.25, 0.3) is 0 Å². The van der Waals surface area contributed by atoms with Crippen LogP contribution in [0.4, 0.5) is 0 Å². The lowest BCUT2D eigenvalue weighted by atomic mass is 9.61. The first kappa shape index (κ1) is 20.7. The normalized spacial score (nSPS) is 36.1. The van der Waals surface area contributed by atoms with E-state index in [4.69, 9.17) is 0 Å². The van der Waals surface area contributed by atoms with Gasteiger partial charge in [0.1, 0.15) is 0 Å².